The van der Waals surface area contributed by atoms with Crippen molar-refractivity contribution in [2.45, 2.75) is 6.04 Å². The summed E-state index contributed by atoms with van der Waals surface area (Å²) in [6, 6.07) is 5.27. The van der Waals surface area contributed by atoms with E-state index < -0.39 is 0 Å². The van der Waals surface area contributed by atoms with Crippen molar-refractivity contribution < 1.29 is 9.53 Å². The number of amides is 2. The monoisotopic (exact) mass is 345 g/mol. The van der Waals surface area contributed by atoms with Crippen LogP contribution in [0.4, 0.5) is 4.79 Å². The van der Waals surface area contributed by atoms with Crippen LogP contribution in [0.2, 0.25) is 0 Å². The average molecular weight is 346 g/mol. The summed E-state index contributed by atoms with van der Waals surface area (Å²) in [6.45, 7) is 0. The van der Waals surface area contributed by atoms with Crippen molar-refractivity contribution in [2.75, 3.05) is 7.11 Å². The Morgan fingerprint density at radius 3 is 3.14 bits per heavy atom. The number of hydrogen-bond donors (Lipinski definition) is 1. The number of nitrogens with one attached hydrogen (secondary N) is 1. The van der Waals surface area contributed by atoms with Crippen molar-refractivity contribution >= 4 is 33.9 Å². The number of rotatable bonds is 3. The third kappa shape index (κ3) is 2.95. The maximum absolute atomic E-state index is 11.2. The lowest BCUT2D eigenvalue weighted by molar-refractivity contribution is 0.251. The first kappa shape index (κ1) is 13.8. The second kappa shape index (κ2) is 5.65. The number of urea groups is 1. The normalized spacial score (nSPS) is 20.1. The number of methoxy groups -OCH3 is 1. The highest BCUT2D eigenvalue weighted by atomic mass is 79.9. The number of halogens is 1. The zero-order valence-electron chi connectivity index (χ0n) is 11.2. The molecule has 0 saturated carbocycles. The molecule has 1 aromatic rings. The number of nitrogens with zero attached hydrogens (tertiary/aromatic N) is 2. The number of aliphatic imine (C=N–C) groups is 2. The van der Waals surface area contributed by atoms with Gasteiger partial charge in [-0.05, 0) is 30.4 Å². The van der Waals surface area contributed by atoms with Crippen LogP contribution in [-0.4, -0.2) is 31.1 Å². The maximum Gasteiger partial charge on any atom is 0.342 e. The molecule has 5 nitrogen and oxygen atoms in total. The predicted octanol–water partition coefficient (Wildman–Crippen LogP) is 2.86. The second-order valence-corrected chi connectivity index (χ2v) is 5.45. The summed E-state index contributed by atoms with van der Waals surface area (Å²) in [5, 5.41) is 2.72. The van der Waals surface area contributed by atoms with E-state index in [9.17, 15) is 4.79 Å². The summed E-state index contributed by atoms with van der Waals surface area (Å²) in [5.41, 5.74) is 2.30. The smallest absolute Gasteiger partial charge is 0.342 e. The lowest BCUT2D eigenvalue weighted by atomic mass is 10.1. The van der Waals surface area contributed by atoms with Gasteiger partial charge in [0.2, 0.25) is 0 Å². The van der Waals surface area contributed by atoms with Gasteiger partial charge < -0.3 is 10.1 Å². The third-order valence-electron chi connectivity index (χ3n) is 3.13. The van der Waals surface area contributed by atoms with E-state index in [0.29, 0.717) is 5.71 Å². The molecule has 0 saturated heterocycles. The Hall–Kier alpha value is -2.21. The topological polar surface area (TPSA) is 63.1 Å². The molecule has 1 atom stereocenters. The van der Waals surface area contributed by atoms with Crippen molar-refractivity contribution in [3.05, 3.63) is 52.2 Å². The van der Waals surface area contributed by atoms with Gasteiger partial charge in [0.25, 0.3) is 0 Å². The molecule has 1 unspecified atom stereocenters. The van der Waals surface area contributed by atoms with Crippen LogP contribution >= 0.6 is 15.9 Å². The fourth-order valence-electron chi connectivity index (χ4n) is 2.12. The number of fused-ring (bicyclic) bond motifs is 1. The highest BCUT2D eigenvalue weighted by molar-refractivity contribution is 9.10. The molecule has 2 aliphatic rings. The first-order chi connectivity index (χ1) is 10.2. The van der Waals surface area contributed by atoms with Crippen LogP contribution in [0.1, 0.15) is 5.56 Å². The molecular formula is C15H12BrN3O2. The molecule has 21 heavy (non-hydrogen) atoms. The quantitative estimate of drug-likeness (QED) is 0.856. The van der Waals surface area contributed by atoms with E-state index in [-0.39, 0.29) is 12.1 Å². The Bertz CT molecular complexity index is 720. The predicted molar refractivity (Wildman–Crippen MR) is 85.3 cm³/mol. The minimum absolute atomic E-state index is 0.128. The SMILES string of the molecule is COc1ccc(Br)cc1C=NC1=CC2=NC(=O)NC2C=C1. The van der Waals surface area contributed by atoms with Crippen molar-refractivity contribution in [3.63, 3.8) is 0 Å². The summed E-state index contributed by atoms with van der Waals surface area (Å²) < 4.78 is 6.25. The molecule has 0 radical (unpaired) electrons. The third-order valence-corrected chi connectivity index (χ3v) is 3.62. The summed E-state index contributed by atoms with van der Waals surface area (Å²) in [6.07, 6.45) is 7.25. The standard InChI is InChI=1S/C15H12BrN3O2/c1-21-14-5-2-10(16)6-9(14)8-17-11-3-4-12-13(7-11)19-15(20)18-12/h2-8,12H,1H3,(H,18,20). The van der Waals surface area contributed by atoms with Crippen molar-refractivity contribution in [1.82, 2.24) is 5.32 Å². The molecule has 2 amide bonds. The van der Waals surface area contributed by atoms with Gasteiger partial charge in [0.05, 0.1) is 24.6 Å². The lowest BCUT2D eigenvalue weighted by Crippen LogP contribution is -2.30. The molecule has 106 valence electrons. The number of allylic oxidation sites excluding steroid dienone is 1. The van der Waals surface area contributed by atoms with E-state index in [0.717, 1.165) is 21.5 Å². The van der Waals surface area contributed by atoms with Gasteiger partial charge in [-0.25, -0.2) is 4.79 Å². The Kier molecular flexibility index (Phi) is 3.70. The van der Waals surface area contributed by atoms with Crippen LogP contribution in [0.15, 0.2) is 56.6 Å². The van der Waals surface area contributed by atoms with Gasteiger partial charge >= 0.3 is 6.03 Å². The highest BCUT2D eigenvalue weighted by Gasteiger charge is 2.24. The van der Waals surface area contributed by atoms with E-state index in [1.807, 2.05) is 30.4 Å². The Balaban J connectivity index is 1.86. The Labute approximate surface area is 130 Å². The number of ether oxygens (including phenoxy) is 1. The van der Waals surface area contributed by atoms with Crippen LogP contribution in [0.3, 0.4) is 0 Å². The maximum atomic E-state index is 11.2. The molecule has 1 aromatic carbocycles. The number of hydrogen-bond acceptors (Lipinski definition) is 3. The Morgan fingerprint density at radius 1 is 1.48 bits per heavy atom. The van der Waals surface area contributed by atoms with E-state index >= 15 is 0 Å². The van der Waals surface area contributed by atoms with E-state index in [1.54, 1.807) is 19.4 Å². The highest BCUT2D eigenvalue weighted by Crippen LogP contribution is 2.22. The van der Waals surface area contributed by atoms with Gasteiger partial charge in [-0.1, -0.05) is 22.0 Å². The van der Waals surface area contributed by atoms with Crippen LogP contribution < -0.4 is 10.1 Å². The van der Waals surface area contributed by atoms with Crippen molar-refractivity contribution in [1.29, 1.82) is 0 Å². The zero-order chi connectivity index (χ0) is 14.8. The van der Waals surface area contributed by atoms with Crippen LogP contribution in [0.25, 0.3) is 0 Å². The molecule has 0 aromatic heterocycles. The van der Waals surface area contributed by atoms with Gasteiger partial charge in [-0.3, -0.25) is 4.99 Å². The summed E-state index contributed by atoms with van der Waals surface area (Å²) >= 11 is 3.42. The molecule has 1 aliphatic carbocycles. The van der Waals surface area contributed by atoms with Crippen molar-refractivity contribution in [3.8, 4) is 5.75 Å². The van der Waals surface area contributed by atoms with Gasteiger partial charge in [0.15, 0.2) is 0 Å². The number of benzene rings is 1. The fraction of sp³-hybridized carbons (Fsp3) is 0.133. The van der Waals surface area contributed by atoms with Crippen LogP contribution in [0.5, 0.6) is 5.75 Å². The number of carbonyl (C=O) groups is 1. The summed E-state index contributed by atoms with van der Waals surface area (Å²) in [5.74, 6) is 0.746. The van der Waals surface area contributed by atoms with E-state index in [1.165, 1.54) is 0 Å². The minimum Gasteiger partial charge on any atom is -0.496 e. The molecule has 1 heterocycles. The average Bonchev–Trinajstić information content (AvgIpc) is 2.84. The van der Waals surface area contributed by atoms with Gasteiger partial charge in [0, 0.05) is 16.3 Å². The Morgan fingerprint density at radius 2 is 2.33 bits per heavy atom. The summed E-state index contributed by atoms with van der Waals surface area (Å²) in [4.78, 5) is 19.5. The fourth-order valence-corrected chi connectivity index (χ4v) is 2.50. The second-order valence-electron chi connectivity index (χ2n) is 4.54. The molecule has 1 N–H and O–H groups in total. The minimum atomic E-state index is -0.310. The van der Waals surface area contributed by atoms with E-state index in [4.69, 9.17) is 4.74 Å². The van der Waals surface area contributed by atoms with Gasteiger partial charge in [-0.2, -0.15) is 4.99 Å². The zero-order valence-corrected chi connectivity index (χ0v) is 12.8. The summed E-state index contributed by atoms with van der Waals surface area (Å²) in [7, 11) is 1.62. The first-order valence-electron chi connectivity index (χ1n) is 6.32. The van der Waals surface area contributed by atoms with Crippen molar-refractivity contribution in [2.24, 2.45) is 9.98 Å². The van der Waals surface area contributed by atoms with E-state index in [2.05, 4.69) is 31.2 Å². The molecule has 0 spiro atoms. The van der Waals surface area contributed by atoms with Crippen LogP contribution in [0, 0.1) is 0 Å². The number of carbonyl (C=O) groups excluding carboxylic acids is 1. The molecule has 3 rings (SSSR count). The van der Waals surface area contributed by atoms with Gasteiger partial charge in [-0.15, -0.1) is 0 Å². The molecule has 6 heteroatoms. The first-order valence-corrected chi connectivity index (χ1v) is 7.11. The molecule has 1 aliphatic heterocycles. The molecule has 0 fully saturated rings. The lowest BCUT2D eigenvalue weighted by Gasteiger charge is -2.10. The molecular weight excluding hydrogens is 334 g/mol. The van der Waals surface area contributed by atoms with Gasteiger partial charge in [0.1, 0.15) is 5.75 Å². The molecule has 0 bridgehead atoms. The largest absolute Gasteiger partial charge is 0.496 e. The van der Waals surface area contributed by atoms with Crippen LogP contribution in [-0.2, 0) is 0 Å².